The van der Waals surface area contributed by atoms with Gasteiger partial charge in [-0.15, -0.1) is 10.2 Å². The second-order valence-electron chi connectivity index (χ2n) is 4.74. The molecular formula is C16H12N4O2. The van der Waals surface area contributed by atoms with Crippen LogP contribution in [0, 0.1) is 0 Å². The average molecular weight is 292 g/mol. The van der Waals surface area contributed by atoms with Crippen LogP contribution in [-0.2, 0) is 0 Å². The Morgan fingerprint density at radius 2 is 1.86 bits per heavy atom. The highest BCUT2D eigenvalue weighted by Gasteiger charge is 2.12. The molecule has 0 atom stereocenters. The molecular weight excluding hydrogens is 280 g/mol. The van der Waals surface area contributed by atoms with Crippen LogP contribution in [0.1, 0.15) is 0 Å². The first-order valence-corrected chi connectivity index (χ1v) is 6.74. The second-order valence-corrected chi connectivity index (χ2v) is 4.74. The molecule has 0 fully saturated rings. The molecule has 108 valence electrons. The first-order chi connectivity index (χ1) is 10.8. The standard InChI is InChI=1S/C16H12N4O2/c1-21-15-7-6-11(8-13(15)20-9-17-18-10-20)16-19-12-4-2-3-5-14(12)22-16/h2-10H,1H3. The summed E-state index contributed by atoms with van der Waals surface area (Å²) in [6.07, 6.45) is 3.24. The highest BCUT2D eigenvalue weighted by molar-refractivity contribution is 5.76. The van der Waals surface area contributed by atoms with Crippen molar-refractivity contribution < 1.29 is 9.15 Å². The van der Waals surface area contributed by atoms with Gasteiger partial charge in [-0.1, -0.05) is 12.1 Å². The molecule has 0 aliphatic rings. The largest absolute Gasteiger partial charge is 0.495 e. The van der Waals surface area contributed by atoms with E-state index in [0.717, 1.165) is 28.1 Å². The SMILES string of the molecule is COc1ccc(-c2nc3ccccc3o2)cc1-n1cnnc1. The molecule has 0 spiro atoms. The maximum atomic E-state index is 5.81. The summed E-state index contributed by atoms with van der Waals surface area (Å²) in [5.74, 6) is 1.29. The van der Waals surface area contributed by atoms with Crippen molar-refractivity contribution in [2.45, 2.75) is 0 Å². The first-order valence-electron chi connectivity index (χ1n) is 6.74. The van der Waals surface area contributed by atoms with Crippen LogP contribution < -0.4 is 4.74 Å². The Balaban J connectivity index is 1.87. The summed E-state index contributed by atoms with van der Waals surface area (Å²) in [7, 11) is 1.63. The zero-order valence-corrected chi connectivity index (χ0v) is 11.8. The minimum atomic E-state index is 0.568. The number of nitrogens with zero attached hydrogens (tertiary/aromatic N) is 4. The van der Waals surface area contributed by atoms with Crippen LogP contribution in [0.2, 0.25) is 0 Å². The summed E-state index contributed by atoms with van der Waals surface area (Å²) in [5, 5.41) is 7.66. The minimum absolute atomic E-state index is 0.568. The summed E-state index contributed by atoms with van der Waals surface area (Å²) in [4.78, 5) is 4.51. The van der Waals surface area contributed by atoms with Crippen molar-refractivity contribution in [1.29, 1.82) is 0 Å². The van der Waals surface area contributed by atoms with E-state index in [1.807, 2.05) is 42.5 Å². The lowest BCUT2D eigenvalue weighted by Gasteiger charge is -2.09. The van der Waals surface area contributed by atoms with Crippen molar-refractivity contribution in [2.75, 3.05) is 7.11 Å². The summed E-state index contributed by atoms with van der Waals surface area (Å²) in [6.45, 7) is 0. The molecule has 0 N–H and O–H groups in total. The van der Waals surface area contributed by atoms with E-state index < -0.39 is 0 Å². The summed E-state index contributed by atoms with van der Waals surface area (Å²) in [6, 6.07) is 13.4. The van der Waals surface area contributed by atoms with Gasteiger partial charge in [0.1, 0.15) is 23.9 Å². The van der Waals surface area contributed by atoms with E-state index in [0.29, 0.717) is 5.89 Å². The third kappa shape index (κ3) is 2.01. The number of hydrogen-bond donors (Lipinski definition) is 0. The summed E-state index contributed by atoms with van der Waals surface area (Å²) < 4.78 is 13.0. The summed E-state index contributed by atoms with van der Waals surface area (Å²) >= 11 is 0. The molecule has 0 aliphatic carbocycles. The van der Waals surface area contributed by atoms with Gasteiger partial charge in [0.15, 0.2) is 5.58 Å². The highest BCUT2D eigenvalue weighted by Crippen LogP contribution is 2.30. The third-order valence-corrected chi connectivity index (χ3v) is 3.42. The molecule has 22 heavy (non-hydrogen) atoms. The van der Waals surface area contributed by atoms with Crippen LogP contribution in [0.3, 0.4) is 0 Å². The monoisotopic (exact) mass is 292 g/mol. The lowest BCUT2D eigenvalue weighted by Crippen LogP contribution is -1.96. The van der Waals surface area contributed by atoms with Gasteiger partial charge >= 0.3 is 0 Å². The normalized spacial score (nSPS) is 11.0. The van der Waals surface area contributed by atoms with Crippen molar-refractivity contribution in [1.82, 2.24) is 19.7 Å². The molecule has 0 saturated heterocycles. The Labute approximate surface area is 126 Å². The van der Waals surface area contributed by atoms with E-state index in [1.165, 1.54) is 0 Å². The molecule has 0 amide bonds. The minimum Gasteiger partial charge on any atom is -0.495 e. The van der Waals surface area contributed by atoms with Crippen LogP contribution >= 0.6 is 0 Å². The first kappa shape index (κ1) is 12.6. The van der Waals surface area contributed by atoms with Crippen LogP contribution in [0.4, 0.5) is 0 Å². The topological polar surface area (TPSA) is 66.0 Å². The van der Waals surface area contributed by atoms with E-state index in [4.69, 9.17) is 9.15 Å². The van der Waals surface area contributed by atoms with Crippen LogP contribution in [0.25, 0.3) is 28.2 Å². The van der Waals surface area contributed by atoms with E-state index in [2.05, 4.69) is 15.2 Å². The zero-order chi connectivity index (χ0) is 14.9. The van der Waals surface area contributed by atoms with Gasteiger partial charge in [-0.25, -0.2) is 4.98 Å². The maximum absolute atomic E-state index is 5.81. The van der Waals surface area contributed by atoms with E-state index in [1.54, 1.807) is 24.3 Å². The lowest BCUT2D eigenvalue weighted by atomic mass is 10.2. The molecule has 2 heterocycles. The smallest absolute Gasteiger partial charge is 0.227 e. The number of oxazole rings is 1. The molecule has 0 bridgehead atoms. The predicted octanol–water partition coefficient (Wildman–Crippen LogP) is 3.08. The maximum Gasteiger partial charge on any atom is 0.227 e. The quantitative estimate of drug-likeness (QED) is 0.580. The van der Waals surface area contributed by atoms with Gasteiger partial charge in [-0.3, -0.25) is 4.57 Å². The number of fused-ring (bicyclic) bond motifs is 1. The molecule has 4 rings (SSSR count). The molecule has 6 nitrogen and oxygen atoms in total. The van der Waals surface area contributed by atoms with Gasteiger partial charge in [0.25, 0.3) is 0 Å². The third-order valence-electron chi connectivity index (χ3n) is 3.42. The number of aromatic nitrogens is 4. The fraction of sp³-hybridized carbons (Fsp3) is 0.0625. The van der Waals surface area contributed by atoms with Crippen LogP contribution in [-0.4, -0.2) is 26.9 Å². The summed E-state index contributed by atoms with van der Waals surface area (Å²) in [5.41, 5.74) is 3.28. The molecule has 4 aromatic rings. The van der Waals surface area contributed by atoms with Crippen molar-refractivity contribution in [3.8, 4) is 22.9 Å². The molecule has 2 aromatic carbocycles. The average Bonchev–Trinajstić information content (AvgIpc) is 3.23. The zero-order valence-electron chi connectivity index (χ0n) is 11.8. The number of methoxy groups -OCH3 is 1. The van der Waals surface area contributed by atoms with Crippen molar-refractivity contribution >= 4 is 11.1 Å². The Morgan fingerprint density at radius 1 is 1.05 bits per heavy atom. The van der Waals surface area contributed by atoms with Gasteiger partial charge in [0.05, 0.1) is 12.8 Å². The fourth-order valence-electron chi connectivity index (χ4n) is 2.35. The Hall–Kier alpha value is -3.15. The van der Waals surface area contributed by atoms with Gasteiger partial charge in [0, 0.05) is 5.56 Å². The Morgan fingerprint density at radius 3 is 2.64 bits per heavy atom. The van der Waals surface area contributed by atoms with Gasteiger partial charge < -0.3 is 9.15 Å². The molecule has 6 heteroatoms. The van der Waals surface area contributed by atoms with Crippen molar-refractivity contribution in [2.24, 2.45) is 0 Å². The van der Waals surface area contributed by atoms with Gasteiger partial charge in [0.2, 0.25) is 5.89 Å². The molecule has 0 aliphatic heterocycles. The second kappa shape index (κ2) is 5.00. The number of rotatable bonds is 3. The van der Waals surface area contributed by atoms with Gasteiger partial charge in [-0.2, -0.15) is 0 Å². The van der Waals surface area contributed by atoms with E-state index >= 15 is 0 Å². The number of para-hydroxylation sites is 2. The number of hydrogen-bond acceptors (Lipinski definition) is 5. The van der Waals surface area contributed by atoms with Gasteiger partial charge in [-0.05, 0) is 30.3 Å². The molecule has 0 unspecified atom stereocenters. The van der Waals surface area contributed by atoms with Crippen molar-refractivity contribution in [3.05, 3.63) is 55.1 Å². The molecule has 2 aromatic heterocycles. The van der Waals surface area contributed by atoms with Crippen LogP contribution in [0.15, 0.2) is 59.5 Å². The van der Waals surface area contributed by atoms with Crippen LogP contribution in [0.5, 0.6) is 5.75 Å². The highest BCUT2D eigenvalue weighted by atomic mass is 16.5. The Kier molecular flexibility index (Phi) is 2.86. The molecule has 0 saturated carbocycles. The molecule has 0 radical (unpaired) electrons. The number of benzene rings is 2. The number of ether oxygens (including phenoxy) is 1. The lowest BCUT2D eigenvalue weighted by molar-refractivity contribution is 0.413. The van der Waals surface area contributed by atoms with E-state index in [9.17, 15) is 0 Å². The van der Waals surface area contributed by atoms with Crippen molar-refractivity contribution in [3.63, 3.8) is 0 Å². The van der Waals surface area contributed by atoms with E-state index in [-0.39, 0.29) is 0 Å². The fourth-order valence-corrected chi connectivity index (χ4v) is 2.35. The predicted molar refractivity (Wildman–Crippen MR) is 80.9 cm³/mol. The Bertz CT molecular complexity index is 895.